The number of halogens is 2. The standard InChI is InChI=1S/C12H9Cl2N3O/c13-7-3-4-16-11(5-7)17-12(18)9-2-1-8(15)6-10(9)14/h1-6H,15H2,(H,16,17,18). The molecule has 0 fully saturated rings. The average Bonchev–Trinajstić information content (AvgIpc) is 2.28. The fourth-order valence-electron chi connectivity index (χ4n) is 1.37. The Hall–Kier alpha value is -1.78. The molecule has 92 valence electrons. The minimum atomic E-state index is -0.366. The van der Waals surface area contributed by atoms with Crippen molar-refractivity contribution in [1.82, 2.24) is 4.98 Å². The fourth-order valence-corrected chi connectivity index (χ4v) is 1.81. The lowest BCUT2D eigenvalue weighted by molar-refractivity contribution is 0.102. The Bertz CT molecular complexity index is 602. The molecular weight excluding hydrogens is 273 g/mol. The highest BCUT2D eigenvalue weighted by molar-refractivity contribution is 6.34. The minimum absolute atomic E-state index is 0.287. The zero-order chi connectivity index (χ0) is 13.1. The Morgan fingerprint density at radius 1 is 1.22 bits per heavy atom. The molecule has 0 aliphatic rings. The number of aromatic nitrogens is 1. The first-order chi connectivity index (χ1) is 8.56. The Morgan fingerprint density at radius 3 is 2.67 bits per heavy atom. The summed E-state index contributed by atoms with van der Waals surface area (Å²) in [5.41, 5.74) is 6.38. The molecule has 0 radical (unpaired) electrons. The Balaban J connectivity index is 2.22. The molecule has 1 aromatic heterocycles. The molecule has 6 heteroatoms. The summed E-state index contributed by atoms with van der Waals surface area (Å²) < 4.78 is 0. The number of nitrogens with zero attached hydrogens (tertiary/aromatic N) is 1. The Labute approximate surface area is 114 Å². The van der Waals surface area contributed by atoms with Gasteiger partial charge in [0.2, 0.25) is 0 Å². The number of carbonyl (C=O) groups is 1. The molecule has 0 aliphatic heterocycles. The van der Waals surface area contributed by atoms with E-state index in [0.29, 0.717) is 22.1 Å². The number of pyridine rings is 1. The van der Waals surface area contributed by atoms with Gasteiger partial charge >= 0.3 is 0 Å². The van der Waals surface area contributed by atoms with Crippen LogP contribution in [0.2, 0.25) is 10.0 Å². The maximum Gasteiger partial charge on any atom is 0.258 e. The second-order valence-corrected chi connectivity index (χ2v) is 4.40. The van der Waals surface area contributed by atoms with E-state index in [9.17, 15) is 4.79 Å². The summed E-state index contributed by atoms with van der Waals surface area (Å²) in [5, 5.41) is 3.38. The number of rotatable bonds is 2. The van der Waals surface area contributed by atoms with Crippen LogP contribution in [0.15, 0.2) is 36.5 Å². The van der Waals surface area contributed by atoms with Crippen LogP contribution in [0, 0.1) is 0 Å². The first-order valence-corrected chi connectivity index (χ1v) is 5.80. The molecule has 1 amide bonds. The van der Waals surface area contributed by atoms with Crippen molar-refractivity contribution in [2.45, 2.75) is 0 Å². The number of hydrogen-bond donors (Lipinski definition) is 2. The number of nitrogens with two attached hydrogens (primary N) is 1. The van der Waals surface area contributed by atoms with Gasteiger partial charge in [-0.1, -0.05) is 23.2 Å². The highest BCUT2D eigenvalue weighted by Crippen LogP contribution is 2.20. The highest BCUT2D eigenvalue weighted by Gasteiger charge is 2.11. The number of nitrogen functional groups attached to an aromatic ring is 1. The van der Waals surface area contributed by atoms with E-state index in [4.69, 9.17) is 28.9 Å². The molecule has 1 heterocycles. The van der Waals surface area contributed by atoms with Gasteiger partial charge in [0.1, 0.15) is 5.82 Å². The molecule has 4 nitrogen and oxygen atoms in total. The van der Waals surface area contributed by atoms with Gasteiger partial charge in [-0.25, -0.2) is 4.98 Å². The van der Waals surface area contributed by atoms with Gasteiger partial charge < -0.3 is 11.1 Å². The van der Waals surface area contributed by atoms with E-state index < -0.39 is 0 Å². The van der Waals surface area contributed by atoms with Crippen LogP contribution >= 0.6 is 23.2 Å². The molecule has 0 bridgehead atoms. The van der Waals surface area contributed by atoms with Crippen molar-refractivity contribution in [3.8, 4) is 0 Å². The van der Waals surface area contributed by atoms with E-state index in [1.165, 1.54) is 12.3 Å². The normalized spacial score (nSPS) is 10.1. The average molecular weight is 282 g/mol. The zero-order valence-corrected chi connectivity index (χ0v) is 10.7. The summed E-state index contributed by atoms with van der Waals surface area (Å²) in [5.74, 6) is -0.00448. The summed E-state index contributed by atoms with van der Waals surface area (Å²) in [4.78, 5) is 15.9. The third-order valence-electron chi connectivity index (χ3n) is 2.20. The summed E-state index contributed by atoms with van der Waals surface area (Å²) >= 11 is 11.7. The molecule has 0 unspecified atom stereocenters. The monoisotopic (exact) mass is 281 g/mol. The number of benzene rings is 1. The topological polar surface area (TPSA) is 68.0 Å². The molecule has 2 rings (SSSR count). The lowest BCUT2D eigenvalue weighted by atomic mass is 10.2. The summed E-state index contributed by atoms with van der Waals surface area (Å²) in [6.45, 7) is 0. The molecule has 3 N–H and O–H groups in total. The van der Waals surface area contributed by atoms with Crippen LogP contribution in [0.3, 0.4) is 0 Å². The Morgan fingerprint density at radius 2 is 2.00 bits per heavy atom. The van der Waals surface area contributed by atoms with Gasteiger partial charge in [0.25, 0.3) is 5.91 Å². The third kappa shape index (κ3) is 2.91. The van der Waals surface area contributed by atoms with Gasteiger partial charge in [-0.3, -0.25) is 4.79 Å². The summed E-state index contributed by atoms with van der Waals surface area (Å²) in [6.07, 6.45) is 1.50. The van der Waals surface area contributed by atoms with Crippen LogP contribution in [0.4, 0.5) is 11.5 Å². The largest absolute Gasteiger partial charge is 0.399 e. The van der Waals surface area contributed by atoms with Crippen LogP contribution in [-0.2, 0) is 0 Å². The van der Waals surface area contributed by atoms with Crippen molar-refractivity contribution in [3.05, 3.63) is 52.1 Å². The number of hydrogen-bond acceptors (Lipinski definition) is 3. The highest BCUT2D eigenvalue weighted by atomic mass is 35.5. The quantitative estimate of drug-likeness (QED) is 0.831. The maximum absolute atomic E-state index is 11.9. The van der Waals surface area contributed by atoms with Gasteiger partial charge in [-0.15, -0.1) is 0 Å². The number of amides is 1. The predicted molar refractivity (Wildman–Crippen MR) is 73.1 cm³/mol. The van der Waals surface area contributed by atoms with E-state index in [1.54, 1.807) is 24.3 Å². The number of anilines is 2. The van der Waals surface area contributed by atoms with Crippen molar-refractivity contribution < 1.29 is 4.79 Å². The number of nitrogens with one attached hydrogen (secondary N) is 1. The Kier molecular flexibility index (Phi) is 3.69. The first-order valence-electron chi connectivity index (χ1n) is 5.04. The molecule has 2 aromatic rings. The van der Waals surface area contributed by atoms with Crippen molar-refractivity contribution in [2.24, 2.45) is 0 Å². The van der Waals surface area contributed by atoms with Crippen molar-refractivity contribution in [1.29, 1.82) is 0 Å². The summed E-state index contributed by atoms with van der Waals surface area (Å²) in [6, 6.07) is 7.84. The van der Waals surface area contributed by atoms with E-state index in [0.717, 1.165) is 0 Å². The lowest BCUT2D eigenvalue weighted by Gasteiger charge is -2.06. The minimum Gasteiger partial charge on any atom is -0.399 e. The second kappa shape index (κ2) is 5.25. The molecule has 0 aliphatic carbocycles. The van der Waals surface area contributed by atoms with E-state index in [-0.39, 0.29) is 10.9 Å². The SMILES string of the molecule is Nc1ccc(C(=O)Nc2cc(Cl)ccn2)c(Cl)c1. The van der Waals surface area contributed by atoms with Gasteiger partial charge in [-0.2, -0.15) is 0 Å². The zero-order valence-electron chi connectivity index (χ0n) is 9.15. The van der Waals surface area contributed by atoms with E-state index in [1.807, 2.05) is 0 Å². The van der Waals surface area contributed by atoms with E-state index >= 15 is 0 Å². The number of carbonyl (C=O) groups excluding carboxylic acids is 1. The van der Waals surface area contributed by atoms with Crippen molar-refractivity contribution in [2.75, 3.05) is 11.1 Å². The fraction of sp³-hybridized carbons (Fsp3) is 0. The molecule has 18 heavy (non-hydrogen) atoms. The molecule has 0 saturated heterocycles. The van der Waals surface area contributed by atoms with Gasteiger partial charge in [0.05, 0.1) is 10.6 Å². The maximum atomic E-state index is 11.9. The van der Waals surface area contributed by atoms with Crippen LogP contribution in [0.1, 0.15) is 10.4 Å². The first kappa shape index (κ1) is 12.7. The second-order valence-electron chi connectivity index (χ2n) is 3.55. The molecule has 0 spiro atoms. The van der Waals surface area contributed by atoms with Gasteiger partial charge in [0.15, 0.2) is 0 Å². The van der Waals surface area contributed by atoms with Crippen LogP contribution < -0.4 is 11.1 Å². The molecular formula is C12H9Cl2N3O. The predicted octanol–water partition coefficient (Wildman–Crippen LogP) is 3.22. The van der Waals surface area contributed by atoms with Crippen LogP contribution in [0.5, 0.6) is 0 Å². The molecule has 0 saturated carbocycles. The molecule has 0 atom stereocenters. The third-order valence-corrected chi connectivity index (χ3v) is 2.75. The van der Waals surface area contributed by atoms with Gasteiger partial charge in [0, 0.05) is 16.9 Å². The molecule has 1 aromatic carbocycles. The smallest absolute Gasteiger partial charge is 0.258 e. The lowest BCUT2D eigenvalue weighted by Crippen LogP contribution is -2.13. The van der Waals surface area contributed by atoms with E-state index in [2.05, 4.69) is 10.3 Å². The van der Waals surface area contributed by atoms with Crippen molar-refractivity contribution >= 4 is 40.6 Å². The van der Waals surface area contributed by atoms with Crippen LogP contribution in [-0.4, -0.2) is 10.9 Å². The van der Waals surface area contributed by atoms with Crippen LogP contribution in [0.25, 0.3) is 0 Å². The summed E-state index contributed by atoms with van der Waals surface area (Å²) in [7, 11) is 0. The van der Waals surface area contributed by atoms with Gasteiger partial charge in [-0.05, 0) is 30.3 Å². The van der Waals surface area contributed by atoms with Crippen molar-refractivity contribution in [3.63, 3.8) is 0 Å².